The van der Waals surface area contributed by atoms with E-state index in [0.717, 1.165) is 24.8 Å². The summed E-state index contributed by atoms with van der Waals surface area (Å²) in [6.07, 6.45) is 3.86. The number of amides is 1. The number of aromatic nitrogens is 2. The maximum atomic E-state index is 11.7. The van der Waals surface area contributed by atoms with Gasteiger partial charge >= 0.3 is 0 Å². The monoisotopic (exact) mass is 240 g/mol. The summed E-state index contributed by atoms with van der Waals surface area (Å²) in [5, 5.41) is 6.32. The number of hydrogen-bond donors (Lipinski definition) is 2. The Balaban J connectivity index is 1.86. The summed E-state index contributed by atoms with van der Waals surface area (Å²) >= 11 is 1.06. The van der Waals surface area contributed by atoms with Gasteiger partial charge in [0.1, 0.15) is 0 Å². The zero-order valence-electron chi connectivity index (χ0n) is 9.27. The number of rotatable bonds is 3. The van der Waals surface area contributed by atoms with E-state index >= 15 is 0 Å². The zero-order valence-corrected chi connectivity index (χ0v) is 10.1. The van der Waals surface area contributed by atoms with Gasteiger partial charge in [-0.15, -0.1) is 0 Å². The van der Waals surface area contributed by atoms with Crippen molar-refractivity contribution in [3.8, 4) is 0 Å². The van der Waals surface area contributed by atoms with Gasteiger partial charge < -0.3 is 10.6 Å². The molecule has 2 unspecified atom stereocenters. The second kappa shape index (κ2) is 5.36. The SMILES string of the molecule is CC(NC(=O)c1cnsn1)C1CCCNC1. The zero-order chi connectivity index (χ0) is 11.4. The van der Waals surface area contributed by atoms with E-state index in [1.54, 1.807) is 0 Å². The highest BCUT2D eigenvalue weighted by Crippen LogP contribution is 2.14. The largest absolute Gasteiger partial charge is 0.348 e. The van der Waals surface area contributed by atoms with Gasteiger partial charge in [0.2, 0.25) is 0 Å². The fourth-order valence-corrected chi connectivity index (χ4v) is 2.38. The fourth-order valence-electron chi connectivity index (χ4n) is 1.97. The Kier molecular flexibility index (Phi) is 3.84. The molecule has 0 aliphatic carbocycles. The van der Waals surface area contributed by atoms with Crippen molar-refractivity contribution in [1.82, 2.24) is 19.4 Å². The van der Waals surface area contributed by atoms with Crippen LogP contribution in [0.5, 0.6) is 0 Å². The molecule has 88 valence electrons. The van der Waals surface area contributed by atoms with Crippen LogP contribution in [0.1, 0.15) is 30.3 Å². The molecule has 2 rings (SSSR count). The van der Waals surface area contributed by atoms with Gasteiger partial charge in [0.15, 0.2) is 5.69 Å². The molecule has 2 N–H and O–H groups in total. The first kappa shape index (κ1) is 11.5. The van der Waals surface area contributed by atoms with Crippen molar-refractivity contribution in [1.29, 1.82) is 0 Å². The van der Waals surface area contributed by atoms with Gasteiger partial charge in [0.05, 0.1) is 17.9 Å². The smallest absolute Gasteiger partial charge is 0.272 e. The molecule has 1 aromatic heterocycles. The van der Waals surface area contributed by atoms with Crippen LogP contribution in [0, 0.1) is 5.92 Å². The highest BCUT2D eigenvalue weighted by Gasteiger charge is 2.22. The van der Waals surface area contributed by atoms with Crippen LogP contribution in [0.3, 0.4) is 0 Å². The third-order valence-corrected chi connectivity index (χ3v) is 3.47. The lowest BCUT2D eigenvalue weighted by Gasteiger charge is -2.28. The van der Waals surface area contributed by atoms with Gasteiger partial charge in [-0.1, -0.05) is 0 Å². The third-order valence-electron chi connectivity index (χ3n) is 2.99. The lowest BCUT2D eigenvalue weighted by Crippen LogP contribution is -2.44. The van der Waals surface area contributed by atoms with E-state index < -0.39 is 0 Å². The maximum absolute atomic E-state index is 11.7. The molecule has 0 aromatic carbocycles. The number of nitrogens with one attached hydrogen (secondary N) is 2. The molecule has 0 radical (unpaired) electrons. The molecule has 5 nitrogen and oxygen atoms in total. The molecule has 1 aromatic rings. The van der Waals surface area contributed by atoms with Crippen LogP contribution in [-0.2, 0) is 0 Å². The summed E-state index contributed by atoms with van der Waals surface area (Å²) in [5.74, 6) is 0.399. The quantitative estimate of drug-likeness (QED) is 0.814. The van der Waals surface area contributed by atoms with Gasteiger partial charge in [-0.25, -0.2) is 0 Å². The van der Waals surface area contributed by atoms with Crippen molar-refractivity contribution in [2.45, 2.75) is 25.8 Å². The van der Waals surface area contributed by atoms with Gasteiger partial charge in [-0.05, 0) is 38.8 Å². The average molecular weight is 240 g/mol. The van der Waals surface area contributed by atoms with Crippen LogP contribution in [0.25, 0.3) is 0 Å². The van der Waals surface area contributed by atoms with Crippen LogP contribution >= 0.6 is 11.7 Å². The fraction of sp³-hybridized carbons (Fsp3) is 0.700. The molecule has 2 atom stereocenters. The normalized spacial score (nSPS) is 22.7. The topological polar surface area (TPSA) is 66.9 Å². The number of piperidine rings is 1. The van der Waals surface area contributed by atoms with Crippen molar-refractivity contribution in [2.24, 2.45) is 5.92 Å². The van der Waals surface area contributed by atoms with E-state index in [0.29, 0.717) is 11.6 Å². The highest BCUT2D eigenvalue weighted by atomic mass is 32.1. The molecule has 1 saturated heterocycles. The molecule has 0 bridgehead atoms. The molecule has 1 amide bonds. The van der Waals surface area contributed by atoms with E-state index in [9.17, 15) is 4.79 Å². The summed E-state index contributed by atoms with van der Waals surface area (Å²) in [6.45, 7) is 4.12. The van der Waals surface area contributed by atoms with Crippen molar-refractivity contribution in [3.63, 3.8) is 0 Å². The first-order chi connectivity index (χ1) is 7.77. The molecule has 16 heavy (non-hydrogen) atoms. The molecule has 6 heteroatoms. The Bertz CT molecular complexity index is 335. The lowest BCUT2D eigenvalue weighted by atomic mass is 9.93. The van der Waals surface area contributed by atoms with Crippen molar-refractivity contribution < 1.29 is 4.79 Å². The van der Waals surface area contributed by atoms with E-state index in [2.05, 4.69) is 26.3 Å². The minimum Gasteiger partial charge on any atom is -0.348 e. The Morgan fingerprint density at radius 1 is 1.75 bits per heavy atom. The number of nitrogens with zero attached hydrogens (tertiary/aromatic N) is 2. The van der Waals surface area contributed by atoms with Gasteiger partial charge in [-0.3, -0.25) is 4.79 Å². The summed E-state index contributed by atoms with van der Waals surface area (Å²) in [6, 6.07) is 0.182. The summed E-state index contributed by atoms with van der Waals surface area (Å²) in [4.78, 5) is 11.7. The number of carbonyl (C=O) groups is 1. The van der Waals surface area contributed by atoms with E-state index in [1.807, 2.05) is 0 Å². The van der Waals surface area contributed by atoms with Gasteiger partial charge in [0.25, 0.3) is 5.91 Å². The molecule has 0 spiro atoms. The predicted molar refractivity (Wildman–Crippen MR) is 62.4 cm³/mol. The second-order valence-electron chi connectivity index (χ2n) is 4.16. The lowest BCUT2D eigenvalue weighted by molar-refractivity contribution is 0.0918. The van der Waals surface area contributed by atoms with E-state index in [-0.39, 0.29) is 11.9 Å². The number of carbonyl (C=O) groups excluding carboxylic acids is 1. The van der Waals surface area contributed by atoms with E-state index in [4.69, 9.17) is 0 Å². The van der Waals surface area contributed by atoms with Crippen molar-refractivity contribution in [3.05, 3.63) is 11.9 Å². The molecule has 1 fully saturated rings. The van der Waals surface area contributed by atoms with Crippen LogP contribution in [0.2, 0.25) is 0 Å². The summed E-state index contributed by atoms with van der Waals surface area (Å²) < 4.78 is 7.74. The third kappa shape index (κ3) is 2.76. The summed E-state index contributed by atoms with van der Waals surface area (Å²) in [7, 11) is 0. The molecular formula is C10H16N4OS. The standard InChI is InChI=1S/C10H16N4OS/c1-7(8-3-2-4-11-5-8)13-10(15)9-6-12-16-14-9/h6-8,11H,2-5H2,1H3,(H,13,15). The predicted octanol–water partition coefficient (Wildman–Crippen LogP) is 0.656. The van der Waals surface area contributed by atoms with Crippen LogP contribution in [0.4, 0.5) is 0 Å². The molecule has 2 heterocycles. The molecule has 0 saturated carbocycles. The van der Waals surface area contributed by atoms with Crippen molar-refractivity contribution in [2.75, 3.05) is 13.1 Å². The van der Waals surface area contributed by atoms with Gasteiger partial charge in [-0.2, -0.15) is 8.75 Å². The highest BCUT2D eigenvalue weighted by molar-refractivity contribution is 6.99. The van der Waals surface area contributed by atoms with E-state index in [1.165, 1.54) is 19.0 Å². The average Bonchev–Trinajstić information content (AvgIpc) is 2.83. The minimum absolute atomic E-state index is 0.119. The van der Waals surface area contributed by atoms with Crippen LogP contribution in [0.15, 0.2) is 6.20 Å². The van der Waals surface area contributed by atoms with Gasteiger partial charge in [0, 0.05) is 6.04 Å². The number of hydrogen-bond acceptors (Lipinski definition) is 5. The van der Waals surface area contributed by atoms with Crippen molar-refractivity contribution >= 4 is 17.6 Å². The molecule has 1 aliphatic heterocycles. The Labute approximate surface area is 99.0 Å². The molecule has 1 aliphatic rings. The Morgan fingerprint density at radius 2 is 2.62 bits per heavy atom. The minimum atomic E-state index is -0.119. The van der Waals surface area contributed by atoms with Crippen LogP contribution in [-0.4, -0.2) is 33.8 Å². The summed E-state index contributed by atoms with van der Waals surface area (Å²) in [5.41, 5.74) is 0.417. The first-order valence-electron chi connectivity index (χ1n) is 5.56. The molecular weight excluding hydrogens is 224 g/mol. The van der Waals surface area contributed by atoms with Crippen LogP contribution < -0.4 is 10.6 Å². The Hall–Kier alpha value is -1.01. The Morgan fingerprint density at radius 3 is 3.25 bits per heavy atom. The second-order valence-corrected chi connectivity index (χ2v) is 4.72. The first-order valence-corrected chi connectivity index (χ1v) is 6.29. The maximum Gasteiger partial charge on any atom is 0.272 e.